The van der Waals surface area contributed by atoms with E-state index in [0.717, 1.165) is 29.7 Å². The summed E-state index contributed by atoms with van der Waals surface area (Å²) in [4.78, 5) is 19.0. The van der Waals surface area contributed by atoms with Crippen LogP contribution >= 0.6 is 15.9 Å². The minimum Gasteiger partial charge on any atom is -0.297 e. The summed E-state index contributed by atoms with van der Waals surface area (Å²) in [6.07, 6.45) is 4.30. The number of hydrogen-bond donors (Lipinski definition) is 0. The predicted octanol–water partition coefficient (Wildman–Crippen LogP) is 4.32. The third-order valence-corrected chi connectivity index (χ3v) is 4.70. The highest BCUT2D eigenvalue weighted by molar-refractivity contribution is 9.10. The van der Waals surface area contributed by atoms with E-state index in [1.54, 1.807) is 6.20 Å². The summed E-state index contributed by atoms with van der Waals surface area (Å²) in [7, 11) is 0. The lowest BCUT2D eigenvalue weighted by Gasteiger charge is -2.29. The first-order chi connectivity index (χ1) is 10.6. The van der Waals surface area contributed by atoms with Crippen LogP contribution in [0.1, 0.15) is 36.8 Å². The van der Waals surface area contributed by atoms with Crippen LogP contribution < -0.4 is 4.90 Å². The Bertz CT molecular complexity index is 669. The molecular formula is C18H19BrN2O. The fourth-order valence-electron chi connectivity index (χ4n) is 2.93. The molecular weight excluding hydrogens is 340 g/mol. The Hall–Kier alpha value is -1.68. The van der Waals surface area contributed by atoms with Crippen molar-refractivity contribution in [3.05, 3.63) is 58.2 Å². The van der Waals surface area contributed by atoms with Gasteiger partial charge in [0.2, 0.25) is 5.91 Å². The minimum absolute atomic E-state index is 0.162. The molecule has 0 N–H and O–H groups in total. The molecule has 3 nitrogen and oxygen atoms in total. The van der Waals surface area contributed by atoms with Crippen LogP contribution in [-0.4, -0.2) is 17.4 Å². The van der Waals surface area contributed by atoms with Crippen molar-refractivity contribution in [2.24, 2.45) is 0 Å². The van der Waals surface area contributed by atoms with E-state index in [1.807, 2.05) is 23.1 Å². The molecule has 3 rings (SSSR count). The molecule has 0 aliphatic carbocycles. The van der Waals surface area contributed by atoms with Crippen LogP contribution in [0.15, 0.2) is 47.1 Å². The largest absolute Gasteiger partial charge is 0.297 e. The number of aryl methyl sites for hydroxylation is 1. The molecule has 114 valence electrons. The summed E-state index contributed by atoms with van der Waals surface area (Å²) in [6, 6.07) is 12.2. The van der Waals surface area contributed by atoms with Gasteiger partial charge in [-0.1, -0.05) is 41.1 Å². The molecule has 0 radical (unpaired) electrons. The molecule has 22 heavy (non-hydrogen) atoms. The molecule has 4 heteroatoms. The highest BCUT2D eigenvalue weighted by Gasteiger charge is 2.24. The van der Waals surface area contributed by atoms with Crippen LogP contribution in [0.3, 0.4) is 0 Å². The summed E-state index contributed by atoms with van der Waals surface area (Å²) in [5.74, 6) is 1.21. The SMILES string of the molecule is CC(CC(=O)N1CCCc2cccnc21)c1ccc(Br)cc1. The number of anilines is 1. The standard InChI is InChI=1S/C18H19BrN2O/c1-13(14-6-8-16(19)9-7-14)12-17(22)21-11-3-5-15-4-2-10-20-18(15)21/h2,4,6-10,13H,3,5,11-12H2,1H3. The number of rotatable bonds is 3. The van der Waals surface area contributed by atoms with Crippen LogP contribution in [0.2, 0.25) is 0 Å². The van der Waals surface area contributed by atoms with E-state index < -0.39 is 0 Å². The van der Waals surface area contributed by atoms with E-state index in [4.69, 9.17) is 0 Å². The van der Waals surface area contributed by atoms with Crippen molar-refractivity contribution in [1.29, 1.82) is 0 Å². The van der Waals surface area contributed by atoms with Gasteiger partial charge in [0.05, 0.1) is 0 Å². The summed E-state index contributed by atoms with van der Waals surface area (Å²) in [5, 5.41) is 0. The number of pyridine rings is 1. The molecule has 1 amide bonds. The Morgan fingerprint density at radius 2 is 2.09 bits per heavy atom. The third kappa shape index (κ3) is 3.22. The lowest BCUT2D eigenvalue weighted by molar-refractivity contribution is -0.119. The molecule has 0 spiro atoms. The maximum Gasteiger partial charge on any atom is 0.228 e. The van der Waals surface area contributed by atoms with E-state index in [9.17, 15) is 4.79 Å². The van der Waals surface area contributed by atoms with Crippen LogP contribution in [0.5, 0.6) is 0 Å². The van der Waals surface area contributed by atoms with Gasteiger partial charge in [0.25, 0.3) is 0 Å². The van der Waals surface area contributed by atoms with Crippen molar-refractivity contribution in [2.75, 3.05) is 11.4 Å². The zero-order chi connectivity index (χ0) is 15.5. The van der Waals surface area contributed by atoms with Gasteiger partial charge in [-0.3, -0.25) is 9.69 Å². The number of carbonyl (C=O) groups is 1. The van der Waals surface area contributed by atoms with Gasteiger partial charge in [0, 0.05) is 23.6 Å². The Morgan fingerprint density at radius 3 is 2.86 bits per heavy atom. The van der Waals surface area contributed by atoms with Crippen LogP contribution in [0.25, 0.3) is 0 Å². The lowest BCUT2D eigenvalue weighted by atomic mass is 9.96. The lowest BCUT2D eigenvalue weighted by Crippen LogP contribution is -2.36. The molecule has 1 atom stereocenters. The average Bonchev–Trinajstić information content (AvgIpc) is 2.54. The summed E-state index contributed by atoms with van der Waals surface area (Å²) < 4.78 is 1.06. The quantitative estimate of drug-likeness (QED) is 0.818. The molecule has 1 aliphatic heterocycles. The fraction of sp³-hybridized carbons (Fsp3) is 0.333. The zero-order valence-electron chi connectivity index (χ0n) is 12.6. The van der Waals surface area contributed by atoms with Gasteiger partial charge in [-0.05, 0) is 48.1 Å². The normalized spacial score (nSPS) is 15.3. The van der Waals surface area contributed by atoms with Crippen LogP contribution in [0, 0.1) is 0 Å². The van der Waals surface area contributed by atoms with E-state index in [0.29, 0.717) is 6.42 Å². The van der Waals surface area contributed by atoms with E-state index >= 15 is 0 Å². The number of hydrogen-bond acceptors (Lipinski definition) is 2. The number of halogens is 1. The molecule has 0 saturated carbocycles. The zero-order valence-corrected chi connectivity index (χ0v) is 14.2. The number of amides is 1. The molecule has 0 bridgehead atoms. The maximum absolute atomic E-state index is 12.7. The number of nitrogens with zero attached hydrogens (tertiary/aromatic N) is 2. The minimum atomic E-state index is 0.162. The van der Waals surface area contributed by atoms with Crippen molar-refractivity contribution < 1.29 is 4.79 Å². The van der Waals surface area contributed by atoms with Gasteiger partial charge in [0.15, 0.2) is 0 Å². The number of carbonyl (C=O) groups excluding carboxylic acids is 1. The summed E-state index contributed by atoms with van der Waals surface area (Å²) >= 11 is 3.44. The number of aromatic nitrogens is 1. The molecule has 0 saturated heterocycles. The van der Waals surface area contributed by atoms with Crippen LogP contribution in [-0.2, 0) is 11.2 Å². The molecule has 1 aliphatic rings. The second-order valence-corrected chi connectivity index (χ2v) is 6.71. The van der Waals surface area contributed by atoms with Crippen molar-refractivity contribution in [3.8, 4) is 0 Å². The molecule has 0 fully saturated rings. The van der Waals surface area contributed by atoms with E-state index in [-0.39, 0.29) is 11.8 Å². The van der Waals surface area contributed by atoms with Gasteiger partial charge in [-0.2, -0.15) is 0 Å². The van der Waals surface area contributed by atoms with Gasteiger partial charge < -0.3 is 0 Å². The van der Waals surface area contributed by atoms with Gasteiger partial charge >= 0.3 is 0 Å². The summed E-state index contributed by atoms with van der Waals surface area (Å²) in [6.45, 7) is 2.88. The van der Waals surface area contributed by atoms with Crippen molar-refractivity contribution >= 4 is 27.7 Å². The molecule has 1 aromatic carbocycles. The summed E-state index contributed by atoms with van der Waals surface area (Å²) in [5.41, 5.74) is 2.37. The van der Waals surface area contributed by atoms with E-state index in [1.165, 1.54) is 11.1 Å². The number of fused-ring (bicyclic) bond motifs is 1. The monoisotopic (exact) mass is 358 g/mol. The molecule has 1 aromatic heterocycles. The second-order valence-electron chi connectivity index (χ2n) is 5.79. The Morgan fingerprint density at radius 1 is 1.32 bits per heavy atom. The first-order valence-corrected chi connectivity index (χ1v) is 8.44. The van der Waals surface area contributed by atoms with Gasteiger partial charge in [-0.25, -0.2) is 4.98 Å². The van der Waals surface area contributed by atoms with E-state index in [2.05, 4.69) is 46.0 Å². The number of benzene rings is 1. The average molecular weight is 359 g/mol. The molecule has 1 unspecified atom stereocenters. The topological polar surface area (TPSA) is 33.2 Å². The Kier molecular flexibility index (Phi) is 4.57. The van der Waals surface area contributed by atoms with Gasteiger partial charge in [0.1, 0.15) is 5.82 Å². The maximum atomic E-state index is 12.7. The molecule has 2 aromatic rings. The van der Waals surface area contributed by atoms with Crippen molar-refractivity contribution in [1.82, 2.24) is 4.98 Å². The van der Waals surface area contributed by atoms with Crippen molar-refractivity contribution in [3.63, 3.8) is 0 Å². The van der Waals surface area contributed by atoms with Gasteiger partial charge in [-0.15, -0.1) is 0 Å². The Labute approximate surface area is 139 Å². The highest BCUT2D eigenvalue weighted by atomic mass is 79.9. The van der Waals surface area contributed by atoms with Crippen molar-refractivity contribution in [2.45, 2.75) is 32.1 Å². The molecule has 2 heterocycles. The first-order valence-electron chi connectivity index (χ1n) is 7.65. The highest BCUT2D eigenvalue weighted by Crippen LogP contribution is 2.27. The third-order valence-electron chi connectivity index (χ3n) is 4.17. The Balaban J connectivity index is 1.74. The second kappa shape index (κ2) is 6.61. The first kappa shape index (κ1) is 15.2. The van der Waals surface area contributed by atoms with Crippen LogP contribution in [0.4, 0.5) is 5.82 Å². The fourth-order valence-corrected chi connectivity index (χ4v) is 3.19. The smallest absolute Gasteiger partial charge is 0.228 e. The predicted molar refractivity (Wildman–Crippen MR) is 92.1 cm³/mol.